The predicted molar refractivity (Wildman–Crippen MR) is 77.7 cm³/mol. The quantitative estimate of drug-likeness (QED) is 0.871. The van der Waals surface area contributed by atoms with Crippen LogP contribution in [-0.2, 0) is 0 Å². The number of aryl methyl sites for hydroxylation is 2. The van der Waals surface area contributed by atoms with E-state index in [0.717, 1.165) is 36.2 Å². The molecule has 0 unspecified atom stereocenters. The molecule has 2 heterocycles. The van der Waals surface area contributed by atoms with E-state index in [4.69, 9.17) is 5.73 Å². The van der Waals surface area contributed by atoms with Crippen molar-refractivity contribution in [3.63, 3.8) is 0 Å². The smallest absolute Gasteiger partial charge is 0.270 e. The van der Waals surface area contributed by atoms with Gasteiger partial charge in [0.05, 0.1) is 5.69 Å². The lowest BCUT2D eigenvalue weighted by Gasteiger charge is -2.12. The lowest BCUT2D eigenvalue weighted by atomic mass is 10.2. The molecule has 1 saturated carbocycles. The number of rotatable bonds is 2. The van der Waals surface area contributed by atoms with Crippen LogP contribution in [0, 0.1) is 13.8 Å². The number of imidazole rings is 1. The molecule has 1 amide bonds. The molecule has 20 heavy (non-hydrogen) atoms. The molecule has 0 saturated heterocycles. The molecule has 106 valence electrons. The molecule has 0 aromatic carbocycles. The minimum absolute atomic E-state index is 0.0575. The lowest BCUT2D eigenvalue weighted by Crippen LogP contribution is -2.35. The number of carbonyl (C=O) groups is 1. The molecule has 3 N–H and O–H groups in total. The summed E-state index contributed by atoms with van der Waals surface area (Å²) >= 11 is 0. The van der Waals surface area contributed by atoms with E-state index in [-0.39, 0.29) is 18.0 Å². The molecule has 5 heteroatoms. The summed E-state index contributed by atoms with van der Waals surface area (Å²) in [6.07, 6.45) is 4.71. The third-order valence-corrected chi connectivity index (χ3v) is 3.98. The Morgan fingerprint density at radius 2 is 2.25 bits per heavy atom. The van der Waals surface area contributed by atoms with Gasteiger partial charge in [-0.15, -0.1) is 0 Å². The number of fused-ring (bicyclic) bond motifs is 1. The molecule has 5 nitrogen and oxygen atoms in total. The van der Waals surface area contributed by atoms with Crippen LogP contribution in [0.25, 0.3) is 5.65 Å². The average molecular weight is 272 g/mol. The summed E-state index contributed by atoms with van der Waals surface area (Å²) in [7, 11) is 0. The second-order valence-electron chi connectivity index (χ2n) is 5.72. The highest BCUT2D eigenvalue weighted by Gasteiger charge is 2.25. The van der Waals surface area contributed by atoms with Crippen molar-refractivity contribution in [2.75, 3.05) is 0 Å². The van der Waals surface area contributed by atoms with E-state index in [2.05, 4.69) is 10.3 Å². The first kappa shape index (κ1) is 13.1. The largest absolute Gasteiger partial charge is 0.348 e. The van der Waals surface area contributed by atoms with Crippen LogP contribution >= 0.6 is 0 Å². The maximum absolute atomic E-state index is 12.5. The van der Waals surface area contributed by atoms with Gasteiger partial charge in [-0.2, -0.15) is 0 Å². The van der Waals surface area contributed by atoms with Crippen molar-refractivity contribution in [1.29, 1.82) is 0 Å². The Balaban J connectivity index is 1.89. The zero-order valence-corrected chi connectivity index (χ0v) is 11.9. The molecule has 1 aliphatic rings. The van der Waals surface area contributed by atoms with Gasteiger partial charge in [-0.1, -0.05) is 0 Å². The van der Waals surface area contributed by atoms with Gasteiger partial charge < -0.3 is 11.1 Å². The summed E-state index contributed by atoms with van der Waals surface area (Å²) < 4.78 is 1.85. The molecule has 2 aromatic heterocycles. The Hall–Kier alpha value is -1.88. The summed E-state index contributed by atoms with van der Waals surface area (Å²) in [5.74, 6) is -0.0575. The molecule has 0 bridgehead atoms. The van der Waals surface area contributed by atoms with Gasteiger partial charge in [0.2, 0.25) is 0 Å². The van der Waals surface area contributed by atoms with Crippen LogP contribution in [0.5, 0.6) is 0 Å². The second kappa shape index (κ2) is 4.90. The average Bonchev–Trinajstić information content (AvgIpc) is 2.91. The summed E-state index contributed by atoms with van der Waals surface area (Å²) in [6, 6.07) is 4.37. The number of hydrogen-bond acceptors (Lipinski definition) is 3. The van der Waals surface area contributed by atoms with Crippen molar-refractivity contribution in [3.05, 3.63) is 35.3 Å². The van der Waals surface area contributed by atoms with E-state index in [9.17, 15) is 4.79 Å². The monoisotopic (exact) mass is 272 g/mol. The standard InChI is InChI=1S/C15H20N4O/c1-9-5-6-19-13(7-9)17-10(2)14(19)15(20)18-12-4-3-11(16)8-12/h5-7,11-12H,3-4,8,16H2,1-2H3,(H,18,20)/t11-,12-/m1/s1. The molecule has 0 aliphatic heterocycles. The van der Waals surface area contributed by atoms with Gasteiger partial charge >= 0.3 is 0 Å². The fraction of sp³-hybridized carbons (Fsp3) is 0.467. The zero-order chi connectivity index (χ0) is 14.3. The number of carbonyl (C=O) groups excluding carboxylic acids is 1. The highest BCUT2D eigenvalue weighted by Crippen LogP contribution is 2.19. The van der Waals surface area contributed by atoms with Crippen molar-refractivity contribution in [2.45, 2.75) is 45.2 Å². The maximum Gasteiger partial charge on any atom is 0.270 e. The van der Waals surface area contributed by atoms with Crippen LogP contribution in [0.2, 0.25) is 0 Å². The zero-order valence-electron chi connectivity index (χ0n) is 11.9. The predicted octanol–water partition coefficient (Wildman–Crippen LogP) is 1.56. The van der Waals surface area contributed by atoms with Crippen molar-refractivity contribution in [2.24, 2.45) is 5.73 Å². The number of aromatic nitrogens is 2. The summed E-state index contributed by atoms with van der Waals surface area (Å²) in [4.78, 5) is 16.9. The lowest BCUT2D eigenvalue weighted by molar-refractivity contribution is 0.0931. The SMILES string of the molecule is Cc1ccn2c(C(=O)N[C@@H]3CC[C@@H](N)C3)c(C)nc2c1. The number of nitrogens with zero attached hydrogens (tertiary/aromatic N) is 2. The number of nitrogens with two attached hydrogens (primary N) is 1. The van der Waals surface area contributed by atoms with Gasteiger partial charge in [-0.25, -0.2) is 4.98 Å². The van der Waals surface area contributed by atoms with Crippen LogP contribution < -0.4 is 11.1 Å². The van der Waals surface area contributed by atoms with Crippen molar-refractivity contribution in [3.8, 4) is 0 Å². The Labute approximate surface area is 118 Å². The van der Waals surface area contributed by atoms with Gasteiger partial charge in [-0.3, -0.25) is 9.20 Å². The fourth-order valence-corrected chi connectivity index (χ4v) is 2.94. The Morgan fingerprint density at radius 3 is 2.95 bits per heavy atom. The van der Waals surface area contributed by atoms with E-state index in [1.807, 2.05) is 36.6 Å². The van der Waals surface area contributed by atoms with E-state index >= 15 is 0 Å². The van der Waals surface area contributed by atoms with Crippen LogP contribution in [0.15, 0.2) is 18.3 Å². The van der Waals surface area contributed by atoms with Crippen molar-refractivity contribution < 1.29 is 4.79 Å². The Bertz CT molecular complexity index is 661. The highest BCUT2D eigenvalue weighted by atomic mass is 16.2. The first-order valence-corrected chi connectivity index (χ1v) is 7.06. The number of hydrogen-bond donors (Lipinski definition) is 2. The molecule has 1 aliphatic carbocycles. The summed E-state index contributed by atoms with van der Waals surface area (Å²) in [5, 5.41) is 3.08. The van der Waals surface area contributed by atoms with E-state index in [0.29, 0.717) is 5.69 Å². The molecule has 2 aromatic rings. The first-order valence-electron chi connectivity index (χ1n) is 7.06. The molecule has 2 atom stereocenters. The Morgan fingerprint density at radius 1 is 1.45 bits per heavy atom. The Kier molecular flexibility index (Phi) is 3.22. The van der Waals surface area contributed by atoms with Gasteiger partial charge in [0.1, 0.15) is 11.3 Å². The molecule has 1 fully saturated rings. The van der Waals surface area contributed by atoms with Crippen molar-refractivity contribution in [1.82, 2.24) is 14.7 Å². The molecule has 0 spiro atoms. The molecular formula is C15H20N4O. The van der Waals surface area contributed by atoms with Crippen LogP contribution in [0.4, 0.5) is 0 Å². The molecule has 3 rings (SSSR count). The summed E-state index contributed by atoms with van der Waals surface area (Å²) in [6.45, 7) is 3.89. The third-order valence-electron chi connectivity index (χ3n) is 3.98. The first-order chi connectivity index (χ1) is 9.54. The van der Waals surface area contributed by atoms with Crippen molar-refractivity contribution >= 4 is 11.6 Å². The minimum atomic E-state index is -0.0575. The van der Waals surface area contributed by atoms with Crippen LogP contribution in [0.1, 0.15) is 41.0 Å². The number of nitrogens with one attached hydrogen (secondary N) is 1. The maximum atomic E-state index is 12.5. The van der Waals surface area contributed by atoms with Crippen LogP contribution in [0.3, 0.4) is 0 Å². The van der Waals surface area contributed by atoms with E-state index < -0.39 is 0 Å². The normalized spacial score (nSPS) is 22.4. The molecular weight excluding hydrogens is 252 g/mol. The van der Waals surface area contributed by atoms with E-state index in [1.54, 1.807) is 0 Å². The number of amides is 1. The van der Waals surface area contributed by atoms with Gasteiger partial charge in [-0.05, 0) is 50.8 Å². The van der Waals surface area contributed by atoms with Crippen LogP contribution in [-0.4, -0.2) is 27.4 Å². The topological polar surface area (TPSA) is 72.4 Å². The van der Waals surface area contributed by atoms with Gasteiger partial charge in [0.25, 0.3) is 5.91 Å². The van der Waals surface area contributed by atoms with Gasteiger partial charge in [0, 0.05) is 18.3 Å². The third kappa shape index (κ3) is 2.29. The van der Waals surface area contributed by atoms with E-state index in [1.165, 1.54) is 0 Å². The number of pyridine rings is 1. The fourth-order valence-electron chi connectivity index (χ4n) is 2.94. The highest BCUT2D eigenvalue weighted by molar-refractivity contribution is 5.94. The molecule has 0 radical (unpaired) electrons. The minimum Gasteiger partial charge on any atom is -0.348 e. The van der Waals surface area contributed by atoms with Gasteiger partial charge in [0.15, 0.2) is 0 Å². The second-order valence-corrected chi connectivity index (χ2v) is 5.72. The summed E-state index contributed by atoms with van der Waals surface area (Å²) in [5.41, 5.74) is 9.22.